The number of rotatable bonds is 10. The van der Waals surface area contributed by atoms with Crippen molar-refractivity contribution in [3.63, 3.8) is 0 Å². The Kier molecular flexibility index (Phi) is 11.6. The maximum Gasteiger partial charge on any atom is 0.251 e. The number of ether oxygens (including phenoxy) is 2. The maximum absolute atomic E-state index is 12.2. The molecule has 0 aliphatic rings. The molecule has 0 heterocycles. The van der Waals surface area contributed by atoms with Crippen LogP contribution in [0.1, 0.15) is 37.0 Å². The van der Waals surface area contributed by atoms with E-state index in [9.17, 15) is 4.79 Å². The predicted octanol–water partition coefficient (Wildman–Crippen LogP) is 3.53. The van der Waals surface area contributed by atoms with Crippen molar-refractivity contribution in [1.82, 2.24) is 10.6 Å². The Labute approximate surface area is 155 Å². The number of halogens is 2. The molecule has 0 radical (unpaired) electrons. The zero-order valence-corrected chi connectivity index (χ0v) is 16.4. The fourth-order valence-electron chi connectivity index (χ4n) is 1.96. The van der Waals surface area contributed by atoms with Gasteiger partial charge in [-0.2, -0.15) is 0 Å². The molecule has 1 aromatic carbocycles. The quantitative estimate of drug-likeness (QED) is 0.611. The van der Waals surface area contributed by atoms with Crippen molar-refractivity contribution in [1.29, 1.82) is 0 Å². The monoisotopic (exact) mass is 378 g/mol. The van der Waals surface area contributed by atoms with Crippen LogP contribution >= 0.6 is 24.0 Å². The van der Waals surface area contributed by atoms with E-state index >= 15 is 0 Å². The van der Waals surface area contributed by atoms with Crippen molar-refractivity contribution < 1.29 is 14.3 Å². The highest BCUT2D eigenvalue weighted by Crippen LogP contribution is 2.36. The standard InChI is InChI=1S/C17H27ClN2O3.ClH/c1-12(2)6-9-23-16-14(18)10-13(11-15(16)22-4)17(21)20-8-5-7-19-3;/h10-12,19H,5-9H2,1-4H3,(H,20,21);1H. The molecule has 24 heavy (non-hydrogen) atoms. The first-order valence-corrected chi connectivity index (χ1v) is 8.30. The molecule has 0 aliphatic carbocycles. The van der Waals surface area contributed by atoms with Gasteiger partial charge >= 0.3 is 0 Å². The molecule has 0 spiro atoms. The van der Waals surface area contributed by atoms with Crippen LogP contribution < -0.4 is 20.1 Å². The molecule has 0 saturated carbocycles. The van der Waals surface area contributed by atoms with E-state index in [4.69, 9.17) is 21.1 Å². The summed E-state index contributed by atoms with van der Waals surface area (Å²) < 4.78 is 11.0. The van der Waals surface area contributed by atoms with Crippen LogP contribution in [-0.4, -0.2) is 39.8 Å². The number of carbonyl (C=O) groups is 1. The van der Waals surface area contributed by atoms with Crippen LogP contribution in [0.5, 0.6) is 11.5 Å². The number of hydrogen-bond donors (Lipinski definition) is 2. The molecule has 0 saturated heterocycles. The minimum Gasteiger partial charge on any atom is -0.493 e. The van der Waals surface area contributed by atoms with E-state index in [2.05, 4.69) is 24.5 Å². The van der Waals surface area contributed by atoms with Gasteiger partial charge in [0.2, 0.25) is 0 Å². The van der Waals surface area contributed by atoms with Crippen molar-refractivity contribution in [2.75, 3.05) is 33.9 Å². The molecule has 0 fully saturated rings. The molecule has 7 heteroatoms. The van der Waals surface area contributed by atoms with E-state index < -0.39 is 0 Å². The lowest BCUT2D eigenvalue weighted by molar-refractivity contribution is 0.0953. The van der Waals surface area contributed by atoms with E-state index in [1.54, 1.807) is 12.1 Å². The van der Waals surface area contributed by atoms with Gasteiger partial charge in [-0.25, -0.2) is 0 Å². The van der Waals surface area contributed by atoms with Crippen LogP contribution in [0.3, 0.4) is 0 Å². The van der Waals surface area contributed by atoms with Gasteiger partial charge in [-0.3, -0.25) is 4.79 Å². The van der Waals surface area contributed by atoms with Crippen molar-refractivity contribution in [3.8, 4) is 11.5 Å². The normalized spacial score (nSPS) is 10.2. The molecule has 0 aromatic heterocycles. The summed E-state index contributed by atoms with van der Waals surface area (Å²) in [5.41, 5.74) is 0.465. The van der Waals surface area contributed by atoms with Crippen LogP contribution in [0.2, 0.25) is 5.02 Å². The van der Waals surface area contributed by atoms with Gasteiger partial charge in [0.05, 0.1) is 18.7 Å². The molecule has 0 unspecified atom stereocenters. The van der Waals surface area contributed by atoms with E-state index in [1.807, 2.05) is 7.05 Å². The Bertz CT molecular complexity index is 511. The number of benzene rings is 1. The summed E-state index contributed by atoms with van der Waals surface area (Å²) in [6, 6.07) is 3.27. The molecule has 1 aromatic rings. The minimum absolute atomic E-state index is 0. The van der Waals surface area contributed by atoms with Gasteiger partial charge in [0.1, 0.15) is 0 Å². The Hall–Kier alpha value is -1.17. The van der Waals surface area contributed by atoms with Crippen LogP contribution in [0.4, 0.5) is 0 Å². The van der Waals surface area contributed by atoms with E-state index in [-0.39, 0.29) is 18.3 Å². The van der Waals surface area contributed by atoms with Crippen LogP contribution in [-0.2, 0) is 0 Å². The number of nitrogens with one attached hydrogen (secondary N) is 2. The van der Waals surface area contributed by atoms with Crippen LogP contribution in [0.25, 0.3) is 0 Å². The molecule has 138 valence electrons. The first-order valence-electron chi connectivity index (χ1n) is 7.92. The third kappa shape index (κ3) is 7.60. The molecule has 0 bridgehead atoms. The summed E-state index contributed by atoms with van der Waals surface area (Å²) in [5, 5.41) is 6.27. The third-order valence-corrected chi connectivity index (χ3v) is 3.60. The fourth-order valence-corrected chi connectivity index (χ4v) is 2.22. The second-order valence-electron chi connectivity index (χ2n) is 5.73. The largest absolute Gasteiger partial charge is 0.493 e. The average molecular weight is 379 g/mol. The number of amides is 1. The topological polar surface area (TPSA) is 59.6 Å². The molecule has 2 N–H and O–H groups in total. The van der Waals surface area contributed by atoms with Crippen molar-refractivity contribution in [3.05, 3.63) is 22.7 Å². The third-order valence-electron chi connectivity index (χ3n) is 3.32. The average Bonchev–Trinajstić information content (AvgIpc) is 2.52. The van der Waals surface area contributed by atoms with E-state index in [0.717, 1.165) is 19.4 Å². The Morgan fingerprint density at radius 1 is 1.29 bits per heavy atom. The van der Waals surface area contributed by atoms with E-state index in [0.29, 0.717) is 41.2 Å². The highest BCUT2D eigenvalue weighted by molar-refractivity contribution is 6.32. The SMILES string of the molecule is CNCCCNC(=O)c1cc(Cl)c(OCCC(C)C)c(OC)c1.Cl. The summed E-state index contributed by atoms with van der Waals surface area (Å²) in [6.45, 7) is 6.27. The Morgan fingerprint density at radius 3 is 2.58 bits per heavy atom. The van der Waals surface area contributed by atoms with Gasteiger partial charge in [0, 0.05) is 12.1 Å². The predicted molar refractivity (Wildman–Crippen MR) is 101 cm³/mol. The van der Waals surface area contributed by atoms with Crippen molar-refractivity contribution in [2.45, 2.75) is 26.7 Å². The molecule has 0 aliphatic heterocycles. The first kappa shape index (κ1) is 22.8. The number of carbonyl (C=O) groups excluding carboxylic acids is 1. The lowest BCUT2D eigenvalue weighted by Crippen LogP contribution is -2.26. The smallest absolute Gasteiger partial charge is 0.251 e. The van der Waals surface area contributed by atoms with E-state index in [1.165, 1.54) is 7.11 Å². The van der Waals surface area contributed by atoms with Gasteiger partial charge in [0.15, 0.2) is 11.5 Å². The molecular weight excluding hydrogens is 351 g/mol. The lowest BCUT2D eigenvalue weighted by atomic mass is 10.1. The zero-order valence-electron chi connectivity index (χ0n) is 14.8. The van der Waals surface area contributed by atoms with Crippen LogP contribution in [0, 0.1) is 5.92 Å². The first-order chi connectivity index (χ1) is 11.0. The highest BCUT2D eigenvalue weighted by atomic mass is 35.5. The van der Waals surface area contributed by atoms with Gasteiger partial charge < -0.3 is 20.1 Å². The lowest BCUT2D eigenvalue weighted by Gasteiger charge is -2.15. The highest BCUT2D eigenvalue weighted by Gasteiger charge is 2.16. The summed E-state index contributed by atoms with van der Waals surface area (Å²) in [5.74, 6) is 1.33. The Morgan fingerprint density at radius 2 is 2.00 bits per heavy atom. The number of methoxy groups -OCH3 is 1. The van der Waals surface area contributed by atoms with Gasteiger partial charge in [-0.15, -0.1) is 12.4 Å². The van der Waals surface area contributed by atoms with Gasteiger partial charge in [-0.1, -0.05) is 25.4 Å². The minimum atomic E-state index is -0.171. The molecular formula is C17H28Cl2N2O3. The van der Waals surface area contributed by atoms with Crippen LogP contribution in [0.15, 0.2) is 12.1 Å². The summed E-state index contributed by atoms with van der Waals surface area (Å²) in [7, 11) is 3.42. The summed E-state index contributed by atoms with van der Waals surface area (Å²) >= 11 is 6.26. The second-order valence-corrected chi connectivity index (χ2v) is 6.14. The van der Waals surface area contributed by atoms with Gasteiger partial charge in [-0.05, 0) is 44.5 Å². The molecule has 0 atom stereocenters. The van der Waals surface area contributed by atoms with Gasteiger partial charge in [0.25, 0.3) is 5.91 Å². The number of hydrogen-bond acceptors (Lipinski definition) is 4. The zero-order chi connectivity index (χ0) is 17.2. The second kappa shape index (κ2) is 12.2. The Balaban J connectivity index is 0.00000529. The molecule has 1 rings (SSSR count). The summed E-state index contributed by atoms with van der Waals surface area (Å²) in [6.07, 6.45) is 1.79. The van der Waals surface area contributed by atoms with Crippen molar-refractivity contribution in [2.24, 2.45) is 5.92 Å². The van der Waals surface area contributed by atoms with Crippen molar-refractivity contribution >= 4 is 29.9 Å². The molecule has 5 nitrogen and oxygen atoms in total. The maximum atomic E-state index is 12.2. The fraction of sp³-hybridized carbons (Fsp3) is 0.588. The summed E-state index contributed by atoms with van der Waals surface area (Å²) in [4.78, 5) is 12.2. The molecule has 1 amide bonds.